The third kappa shape index (κ3) is 6.05. The van der Waals surface area contributed by atoms with Crippen molar-refractivity contribution in [1.82, 2.24) is 29.5 Å². The van der Waals surface area contributed by atoms with Crippen LogP contribution in [0.4, 0.5) is 23.2 Å². The topological polar surface area (TPSA) is 97.1 Å². The van der Waals surface area contributed by atoms with Gasteiger partial charge < -0.3 is 20.1 Å². The van der Waals surface area contributed by atoms with Gasteiger partial charge in [0, 0.05) is 45.1 Å². The molecule has 3 aromatic rings. The lowest BCUT2D eigenvalue weighted by Gasteiger charge is -2.27. The summed E-state index contributed by atoms with van der Waals surface area (Å²) in [4.78, 5) is 31.2. The van der Waals surface area contributed by atoms with E-state index in [0.717, 1.165) is 17.1 Å². The maximum atomic E-state index is 13.5. The summed E-state index contributed by atoms with van der Waals surface area (Å²) >= 11 is 6.30. The monoisotopic (exact) mass is 563 g/mol. The van der Waals surface area contributed by atoms with Crippen molar-refractivity contribution in [2.24, 2.45) is 7.05 Å². The summed E-state index contributed by atoms with van der Waals surface area (Å²) in [6.45, 7) is 1.24. The van der Waals surface area contributed by atoms with Gasteiger partial charge in [0.05, 0.1) is 34.6 Å². The first kappa shape index (κ1) is 28.4. The number of hydrogen-bond acceptors (Lipinski definition) is 5. The Morgan fingerprint density at radius 1 is 1.22 bits per heavy atom. The van der Waals surface area contributed by atoms with Gasteiger partial charge in [-0.2, -0.15) is 18.3 Å². The lowest BCUT2D eigenvalue weighted by molar-refractivity contribution is -0.141. The van der Waals surface area contributed by atoms with Gasteiger partial charge in [0.1, 0.15) is 6.67 Å². The molecule has 2 N–H and O–H groups in total. The molecule has 1 aliphatic heterocycles. The van der Waals surface area contributed by atoms with Crippen LogP contribution in [0.1, 0.15) is 26.7 Å². The number of nitrogens with one attached hydrogen (secondary N) is 2. The molecular formula is C22H23Cl2F4N7O2. The van der Waals surface area contributed by atoms with E-state index < -0.39 is 24.5 Å². The minimum Gasteiger partial charge on any atom is -0.336 e. The highest BCUT2D eigenvalue weighted by Crippen LogP contribution is 2.36. The quantitative estimate of drug-likeness (QED) is 0.446. The molecule has 37 heavy (non-hydrogen) atoms. The van der Waals surface area contributed by atoms with Crippen LogP contribution in [0.2, 0.25) is 5.02 Å². The highest BCUT2D eigenvalue weighted by molar-refractivity contribution is 6.34. The molecule has 2 amide bonds. The van der Waals surface area contributed by atoms with E-state index in [0.29, 0.717) is 31.7 Å². The molecule has 0 bridgehead atoms. The van der Waals surface area contributed by atoms with E-state index in [2.05, 4.69) is 20.7 Å². The van der Waals surface area contributed by atoms with Crippen molar-refractivity contribution in [3.63, 3.8) is 0 Å². The molecule has 1 fully saturated rings. The minimum absolute atomic E-state index is 0. The van der Waals surface area contributed by atoms with Gasteiger partial charge in [-0.25, -0.2) is 9.37 Å². The number of imidazole rings is 1. The lowest BCUT2D eigenvalue weighted by atomic mass is 10.1. The number of nitrogens with zero attached hydrogens (tertiary/aromatic N) is 5. The van der Waals surface area contributed by atoms with E-state index in [1.165, 1.54) is 29.8 Å². The van der Waals surface area contributed by atoms with Gasteiger partial charge in [0.2, 0.25) is 0 Å². The van der Waals surface area contributed by atoms with Gasteiger partial charge in [-0.3, -0.25) is 14.3 Å². The van der Waals surface area contributed by atoms with E-state index in [-0.39, 0.29) is 52.7 Å². The summed E-state index contributed by atoms with van der Waals surface area (Å²) in [5.41, 5.74) is -0.988. The molecule has 9 nitrogen and oxygen atoms in total. The number of aromatic nitrogens is 4. The second-order valence-corrected chi connectivity index (χ2v) is 8.47. The summed E-state index contributed by atoms with van der Waals surface area (Å²) in [5.74, 6) is -1.10. The first-order chi connectivity index (χ1) is 17.1. The molecule has 0 aliphatic carbocycles. The summed E-state index contributed by atoms with van der Waals surface area (Å²) in [7, 11) is 1.38. The van der Waals surface area contributed by atoms with Crippen LogP contribution < -0.4 is 10.6 Å². The Bertz CT molecular complexity index is 1290. The molecule has 0 unspecified atom stereocenters. The summed E-state index contributed by atoms with van der Waals surface area (Å²) < 4.78 is 55.2. The highest BCUT2D eigenvalue weighted by Gasteiger charge is 2.38. The van der Waals surface area contributed by atoms with Crippen molar-refractivity contribution in [3.8, 4) is 11.3 Å². The zero-order chi connectivity index (χ0) is 26.0. The average molecular weight is 564 g/mol. The number of aryl methyl sites for hydroxylation is 1. The number of benzene rings is 1. The summed E-state index contributed by atoms with van der Waals surface area (Å²) in [6.07, 6.45) is -2.61. The van der Waals surface area contributed by atoms with Crippen LogP contribution in [-0.4, -0.2) is 68.9 Å². The third-order valence-electron chi connectivity index (χ3n) is 5.67. The molecule has 15 heteroatoms. The zero-order valence-electron chi connectivity index (χ0n) is 19.5. The maximum Gasteiger partial charge on any atom is 0.435 e. The minimum atomic E-state index is -4.79. The fourth-order valence-corrected chi connectivity index (χ4v) is 4.14. The first-order valence-corrected chi connectivity index (χ1v) is 11.3. The average Bonchev–Trinajstić information content (AvgIpc) is 3.43. The normalized spacial score (nSPS) is 13.8. The van der Waals surface area contributed by atoms with Crippen molar-refractivity contribution in [2.75, 3.05) is 38.2 Å². The Morgan fingerprint density at radius 2 is 1.92 bits per heavy atom. The fraction of sp³-hybridized carbons (Fsp3) is 0.364. The number of anilines is 1. The molecule has 0 atom stereocenters. The van der Waals surface area contributed by atoms with Crippen LogP contribution in [0.25, 0.3) is 11.3 Å². The molecule has 3 heterocycles. The molecule has 1 aromatic carbocycles. The molecular weight excluding hydrogens is 541 g/mol. The van der Waals surface area contributed by atoms with E-state index in [1.54, 1.807) is 4.90 Å². The van der Waals surface area contributed by atoms with Crippen LogP contribution in [0.3, 0.4) is 0 Å². The van der Waals surface area contributed by atoms with Crippen molar-refractivity contribution in [2.45, 2.75) is 12.7 Å². The Kier molecular flexibility index (Phi) is 8.82. The van der Waals surface area contributed by atoms with Gasteiger partial charge >= 0.3 is 6.18 Å². The van der Waals surface area contributed by atoms with E-state index in [1.807, 2.05) is 0 Å². The maximum absolute atomic E-state index is 13.5. The predicted molar refractivity (Wildman–Crippen MR) is 131 cm³/mol. The largest absolute Gasteiger partial charge is 0.435 e. The van der Waals surface area contributed by atoms with Crippen molar-refractivity contribution < 1.29 is 27.2 Å². The van der Waals surface area contributed by atoms with Crippen LogP contribution in [0.15, 0.2) is 30.6 Å². The molecule has 1 aliphatic rings. The zero-order valence-corrected chi connectivity index (χ0v) is 21.1. The number of rotatable bonds is 6. The second-order valence-electron chi connectivity index (χ2n) is 8.06. The van der Waals surface area contributed by atoms with Crippen molar-refractivity contribution >= 4 is 41.5 Å². The standard InChI is InChI=1S/C22H22ClF4N7O2.ClH/c1-32-17(15-12-34(7-4-24)31-18(15)22(25,26)27)11-29-19(32)20(35)30-13-2-3-14(16(23)10-13)21(36)33-8-5-28-6-9-33;/h2-3,10-12,28H,4-9H2,1H3,(H,30,35);1H. The molecule has 200 valence electrons. The number of carbonyl (C=O) groups is 2. The molecule has 0 spiro atoms. The molecule has 1 saturated heterocycles. The first-order valence-electron chi connectivity index (χ1n) is 10.9. The Morgan fingerprint density at radius 3 is 2.54 bits per heavy atom. The molecule has 2 aromatic heterocycles. The number of carbonyl (C=O) groups excluding carboxylic acids is 2. The third-order valence-corrected chi connectivity index (χ3v) is 5.99. The molecule has 4 rings (SSSR count). The van der Waals surface area contributed by atoms with Crippen molar-refractivity contribution in [3.05, 3.63) is 52.7 Å². The lowest BCUT2D eigenvalue weighted by Crippen LogP contribution is -2.46. The highest BCUT2D eigenvalue weighted by atomic mass is 35.5. The number of alkyl halides is 4. The number of piperazine rings is 1. The number of amides is 2. The van der Waals surface area contributed by atoms with Gasteiger partial charge in [0.25, 0.3) is 11.8 Å². The summed E-state index contributed by atoms with van der Waals surface area (Å²) in [5, 5.41) is 9.33. The SMILES string of the molecule is Cl.Cn1c(-c2cn(CCF)nc2C(F)(F)F)cnc1C(=O)Nc1ccc(C(=O)N2CCNCC2)c(Cl)c1. The van der Waals surface area contributed by atoms with Crippen molar-refractivity contribution in [1.29, 1.82) is 0 Å². The van der Waals surface area contributed by atoms with Crippen LogP contribution in [-0.2, 0) is 19.8 Å². The van der Waals surface area contributed by atoms with Gasteiger partial charge in [-0.05, 0) is 18.2 Å². The Labute approximate surface area is 220 Å². The van der Waals surface area contributed by atoms with Crippen LogP contribution in [0.5, 0.6) is 0 Å². The van der Waals surface area contributed by atoms with E-state index >= 15 is 0 Å². The van der Waals surface area contributed by atoms with E-state index in [4.69, 9.17) is 11.6 Å². The fourth-order valence-electron chi connectivity index (χ4n) is 3.88. The predicted octanol–water partition coefficient (Wildman–Crippen LogP) is 3.64. The molecule has 0 saturated carbocycles. The Balaban J connectivity index is 0.00000380. The Hall–Kier alpha value is -3.16. The van der Waals surface area contributed by atoms with Gasteiger partial charge in [-0.1, -0.05) is 11.6 Å². The van der Waals surface area contributed by atoms with Gasteiger partial charge in [0.15, 0.2) is 11.5 Å². The van der Waals surface area contributed by atoms with E-state index in [9.17, 15) is 27.2 Å². The number of hydrogen-bond donors (Lipinski definition) is 2. The summed E-state index contributed by atoms with van der Waals surface area (Å²) in [6, 6.07) is 4.42. The molecule has 0 radical (unpaired) electrons. The number of halogens is 6. The van der Waals surface area contributed by atoms with Gasteiger partial charge in [-0.15, -0.1) is 12.4 Å². The van der Waals surface area contributed by atoms with Crippen LogP contribution in [0, 0.1) is 0 Å². The second kappa shape index (κ2) is 11.5. The smallest absolute Gasteiger partial charge is 0.336 e. The van der Waals surface area contributed by atoms with Crippen LogP contribution >= 0.6 is 24.0 Å².